The highest BCUT2D eigenvalue weighted by Gasteiger charge is 2.35. The summed E-state index contributed by atoms with van der Waals surface area (Å²) >= 11 is 0. The predicted octanol–water partition coefficient (Wildman–Crippen LogP) is 0.304. The third-order valence-corrected chi connectivity index (χ3v) is 4.57. The molecule has 10 heteroatoms. The Hall–Kier alpha value is -2.69. The Morgan fingerprint density at radius 2 is 2.36 bits per heavy atom. The van der Waals surface area contributed by atoms with Gasteiger partial charge in [0.25, 0.3) is 5.56 Å². The summed E-state index contributed by atoms with van der Waals surface area (Å²) in [6, 6.07) is 0. The SMILES string of the molecule is CCCCOC(=O)/C=C/c1cn([C@H]2C[C@H](O)[C@@H](CO)O2)c2nc(N)[nH]c(=O)c12. The maximum Gasteiger partial charge on any atom is 0.330 e. The second-order valence-electron chi connectivity index (χ2n) is 6.61. The number of carbonyl (C=O) groups excluding carboxylic acids is 1. The van der Waals surface area contributed by atoms with Crippen LogP contribution in [0.2, 0.25) is 0 Å². The number of nitrogens with zero attached hydrogens (tertiary/aromatic N) is 2. The molecular weight excluding hydrogens is 368 g/mol. The molecule has 3 rings (SSSR count). The van der Waals surface area contributed by atoms with Crippen LogP contribution in [0.15, 0.2) is 17.1 Å². The summed E-state index contributed by atoms with van der Waals surface area (Å²) in [4.78, 5) is 30.9. The van der Waals surface area contributed by atoms with Crippen molar-refractivity contribution in [3.63, 3.8) is 0 Å². The number of nitrogens with one attached hydrogen (secondary N) is 1. The number of nitrogens with two attached hydrogens (primary N) is 1. The van der Waals surface area contributed by atoms with Gasteiger partial charge in [-0.05, 0) is 12.5 Å². The summed E-state index contributed by atoms with van der Waals surface area (Å²) < 4.78 is 12.3. The van der Waals surface area contributed by atoms with Gasteiger partial charge in [-0.3, -0.25) is 9.78 Å². The molecule has 0 bridgehead atoms. The molecule has 1 fully saturated rings. The van der Waals surface area contributed by atoms with Gasteiger partial charge in [0.1, 0.15) is 12.3 Å². The van der Waals surface area contributed by atoms with E-state index in [0.717, 1.165) is 12.8 Å². The molecule has 0 radical (unpaired) electrons. The van der Waals surface area contributed by atoms with Crippen LogP contribution in [-0.4, -0.2) is 56.1 Å². The molecule has 2 aromatic rings. The van der Waals surface area contributed by atoms with Gasteiger partial charge in [0.05, 0.1) is 24.7 Å². The summed E-state index contributed by atoms with van der Waals surface area (Å²) in [6.45, 7) is 1.99. The molecule has 3 heterocycles. The van der Waals surface area contributed by atoms with Crippen LogP contribution in [0, 0.1) is 0 Å². The van der Waals surface area contributed by atoms with E-state index in [-0.39, 0.29) is 30.0 Å². The number of aliphatic hydroxyl groups is 2. The maximum absolute atomic E-state index is 12.4. The molecule has 152 valence electrons. The van der Waals surface area contributed by atoms with Gasteiger partial charge >= 0.3 is 5.97 Å². The predicted molar refractivity (Wildman–Crippen MR) is 101 cm³/mol. The Kier molecular flexibility index (Phi) is 6.12. The summed E-state index contributed by atoms with van der Waals surface area (Å²) in [5, 5.41) is 19.5. The minimum Gasteiger partial charge on any atom is -0.463 e. The van der Waals surface area contributed by atoms with Gasteiger partial charge in [-0.25, -0.2) is 4.79 Å². The number of aromatic amines is 1. The van der Waals surface area contributed by atoms with Crippen molar-refractivity contribution in [1.29, 1.82) is 0 Å². The molecule has 1 aliphatic rings. The fourth-order valence-corrected chi connectivity index (χ4v) is 3.12. The van der Waals surface area contributed by atoms with E-state index in [4.69, 9.17) is 15.2 Å². The third-order valence-electron chi connectivity index (χ3n) is 4.57. The fraction of sp³-hybridized carbons (Fsp3) is 0.500. The molecule has 0 aromatic carbocycles. The molecule has 1 aliphatic heterocycles. The number of hydrogen-bond acceptors (Lipinski definition) is 8. The van der Waals surface area contributed by atoms with E-state index in [1.54, 1.807) is 10.8 Å². The molecule has 0 amide bonds. The van der Waals surface area contributed by atoms with Crippen LogP contribution >= 0.6 is 0 Å². The van der Waals surface area contributed by atoms with Crippen molar-refractivity contribution in [1.82, 2.24) is 14.5 Å². The van der Waals surface area contributed by atoms with Crippen LogP contribution in [0.1, 0.15) is 38.0 Å². The number of hydrogen-bond donors (Lipinski definition) is 4. The summed E-state index contributed by atoms with van der Waals surface area (Å²) in [7, 11) is 0. The maximum atomic E-state index is 12.4. The van der Waals surface area contributed by atoms with Gasteiger partial charge in [-0.1, -0.05) is 13.3 Å². The normalized spacial score (nSPS) is 22.3. The highest BCUT2D eigenvalue weighted by Crippen LogP contribution is 2.32. The van der Waals surface area contributed by atoms with Crippen LogP contribution in [0.4, 0.5) is 5.95 Å². The lowest BCUT2D eigenvalue weighted by molar-refractivity contribution is -0.137. The standard InChI is InChI=1S/C18H24N4O6/c1-2-3-6-27-14(25)5-4-10-8-22(13-7-11(24)12(9-23)28-13)16-15(10)17(26)21-18(19)20-16/h4-5,8,11-13,23-24H,2-3,6-7,9H2,1H3,(H3,19,20,21,26)/b5-4+/t11-,12+,13+/m0/s1. The minimum atomic E-state index is -0.848. The number of anilines is 1. The molecule has 3 atom stereocenters. The number of esters is 1. The average Bonchev–Trinajstić information content (AvgIpc) is 3.20. The average molecular weight is 392 g/mol. The topological polar surface area (TPSA) is 153 Å². The lowest BCUT2D eigenvalue weighted by atomic mass is 10.2. The zero-order valence-electron chi connectivity index (χ0n) is 15.5. The largest absolute Gasteiger partial charge is 0.463 e. The molecule has 28 heavy (non-hydrogen) atoms. The van der Waals surface area contributed by atoms with Gasteiger partial charge in [-0.2, -0.15) is 4.98 Å². The Morgan fingerprint density at radius 3 is 3.04 bits per heavy atom. The number of unbranched alkanes of at least 4 members (excludes halogenated alkanes) is 1. The van der Waals surface area contributed by atoms with Crippen LogP contribution < -0.4 is 11.3 Å². The van der Waals surface area contributed by atoms with E-state index in [1.807, 2.05) is 6.92 Å². The number of H-pyrrole nitrogens is 1. The lowest BCUT2D eigenvalue weighted by Crippen LogP contribution is -2.24. The highest BCUT2D eigenvalue weighted by atomic mass is 16.5. The van der Waals surface area contributed by atoms with E-state index in [2.05, 4.69) is 9.97 Å². The van der Waals surface area contributed by atoms with Crippen molar-refractivity contribution in [3.05, 3.63) is 28.2 Å². The molecular formula is C18H24N4O6. The van der Waals surface area contributed by atoms with Gasteiger partial charge in [-0.15, -0.1) is 0 Å². The smallest absolute Gasteiger partial charge is 0.330 e. The molecule has 0 spiro atoms. The molecule has 10 nitrogen and oxygen atoms in total. The Bertz CT molecular complexity index is 934. The van der Waals surface area contributed by atoms with Crippen molar-refractivity contribution in [3.8, 4) is 0 Å². The number of aromatic nitrogens is 3. The van der Waals surface area contributed by atoms with E-state index in [0.29, 0.717) is 12.2 Å². The molecule has 2 aromatic heterocycles. The lowest BCUT2D eigenvalue weighted by Gasteiger charge is -2.14. The fourth-order valence-electron chi connectivity index (χ4n) is 3.12. The van der Waals surface area contributed by atoms with E-state index in [9.17, 15) is 19.8 Å². The Labute approximate surface area is 160 Å². The van der Waals surface area contributed by atoms with Gasteiger partial charge < -0.3 is 30.0 Å². The first-order valence-corrected chi connectivity index (χ1v) is 9.14. The molecule has 0 aliphatic carbocycles. The Morgan fingerprint density at radius 1 is 1.57 bits per heavy atom. The first kappa shape index (κ1) is 20.1. The minimum absolute atomic E-state index is 0.0661. The molecule has 1 saturated heterocycles. The third kappa shape index (κ3) is 4.08. The van der Waals surface area contributed by atoms with Crippen LogP contribution in [-0.2, 0) is 14.3 Å². The molecule has 5 N–H and O–H groups in total. The quantitative estimate of drug-likeness (QED) is 0.298. The summed E-state index contributed by atoms with van der Waals surface area (Å²) in [6.07, 6.45) is 3.99. The van der Waals surface area contributed by atoms with Crippen LogP contribution in [0.3, 0.4) is 0 Å². The number of nitrogen functional groups attached to an aromatic ring is 1. The highest BCUT2D eigenvalue weighted by molar-refractivity contribution is 5.93. The number of fused-ring (bicyclic) bond motifs is 1. The van der Waals surface area contributed by atoms with E-state index < -0.39 is 30.0 Å². The monoisotopic (exact) mass is 392 g/mol. The van der Waals surface area contributed by atoms with Crippen LogP contribution in [0.25, 0.3) is 17.1 Å². The van der Waals surface area contributed by atoms with Gasteiger partial charge in [0.2, 0.25) is 5.95 Å². The van der Waals surface area contributed by atoms with Gasteiger partial charge in [0.15, 0.2) is 5.65 Å². The van der Waals surface area contributed by atoms with Crippen molar-refractivity contribution < 1.29 is 24.5 Å². The first-order valence-electron chi connectivity index (χ1n) is 9.14. The van der Waals surface area contributed by atoms with Crippen molar-refractivity contribution in [2.45, 2.75) is 44.6 Å². The van der Waals surface area contributed by atoms with Crippen molar-refractivity contribution >= 4 is 29.0 Å². The Balaban J connectivity index is 1.95. The number of ether oxygens (including phenoxy) is 2. The van der Waals surface area contributed by atoms with E-state index in [1.165, 1.54) is 12.2 Å². The zero-order chi connectivity index (χ0) is 20.3. The number of aliphatic hydroxyl groups excluding tert-OH is 2. The number of carbonyl (C=O) groups is 1. The number of rotatable bonds is 7. The van der Waals surface area contributed by atoms with Gasteiger partial charge in [0, 0.05) is 24.3 Å². The van der Waals surface area contributed by atoms with Crippen molar-refractivity contribution in [2.24, 2.45) is 0 Å². The summed E-state index contributed by atoms with van der Waals surface area (Å²) in [5.41, 5.74) is 5.90. The zero-order valence-corrected chi connectivity index (χ0v) is 15.5. The second-order valence-corrected chi connectivity index (χ2v) is 6.61. The van der Waals surface area contributed by atoms with E-state index >= 15 is 0 Å². The molecule has 0 unspecified atom stereocenters. The van der Waals surface area contributed by atoms with Crippen LogP contribution in [0.5, 0.6) is 0 Å². The summed E-state index contributed by atoms with van der Waals surface area (Å²) in [5.74, 6) is -0.578. The van der Waals surface area contributed by atoms with Crippen molar-refractivity contribution in [2.75, 3.05) is 18.9 Å². The first-order chi connectivity index (χ1) is 13.4. The molecule has 0 saturated carbocycles. The second kappa shape index (κ2) is 8.55.